The molecular formula is C13H14N4O. The summed E-state index contributed by atoms with van der Waals surface area (Å²) in [5.74, 6) is -0.495. The summed E-state index contributed by atoms with van der Waals surface area (Å²) >= 11 is 0. The Morgan fingerprint density at radius 1 is 1.28 bits per heavy atom. The van der Waals surface area contributed by atoms with Crippen LogP contribution in [0.1, 0.15) is 15.9 Å². The number of carbonyl (C=O) groups is 1. The van der Waals surface area contributed by atoms with Gasteiger partial charge in [0.05, 0.1) is 23.3 Å². The van der Waals surface area contributed by atoms with Crippen LogP contribution in [-0.2, 0) is 0 Å². The second kappa shape index (κ2) is 4.75. The summed E-state index contributed by atoms with van der Waals surface area (Å²) < 4.78 is 0. The van der Waals surface area contributed by atoms with Crippen LogP contribution in [-0.4, -0.2) is 10.9 Å². The van der Waals surface area contributed by atoms with Gasteiger partial charge in [-0.2, -0.15) is 0 Å². The van der Waals surface area contributed by atoms with Gasteiger partial charge in [0.15, 0.2) is 0 Å². The largest absolute Gasteiger partial charge is 0.397 e. The van der Waals surface area contributed by atoms with Crippen molar-refractivity contribution in [1.82, 2.24) is 4.98 Å². The van der Waals surface area contributed by atoms with E-state index in [4.69, 9.17) is 11.5 Å². The number of aryl methyl sites for hydroxylation is 1. The molecule has 18 heavy (non-hydrogen) atoms. The van der Waals surface area contributed by atoms with Crippen LogP contribution in [0.4, 0.5) is 17.1 Å². The molecular weight excluding hydrogens is 228 g/mol. The molecule has 1 heterocycles. The normalized spacial score (nSPS) is 10.1. The van der Waals surface area contributed by atoms with Gasteiger partial charge in [-0.25, -0.2) is 0 Å². The van der Waals surface area contributed by atoms with Crippen molar-refractivity contribution < 1.29 is 4.79 Å². The van der Waals surface area contributed by atoms with Gasteiger partial charge < -0.3 is 16.8 Å². The Balaban J connectivity index is 2.30. The predicted molar refractivity (Wildman–Crippen MR) is 71.6 cm³/mol. The van der Waals surface area contributed by atoms with Crippen molar-refractivity contribution >= 4 is 23.0 Å². The standard InChI is InChI=1S/C13H14N4O/c1-8-4-5-16-7-12(8)17-11-3-2-9(13(15)18)6-10(11)14/h2-7,17H,14H2,1H3,(H2,15,18). The second-order valence-corrected chi connectivity index (χ2v) is 3.98. The number of pyridine rings is 1. The molecule has 1 aromatic heterocycles. The molecule has 5 heteroatoms. The lowest BCUT2D eigenvalue weighted by atomic mass is 10.1. The fourth-order valence-corrected chi connectivity index (χ4v) is 1.57. The van der Waals surface area contributed by atoms with Crippen molar-refractivity contribution in [3.05, 3.63) is 47.8 Å². The van der Waals surface area contributed by atoms with Crippen LogP contribution in [0.5, 0.6) is 0 Å². The first kappa shape index (κ1) is 11.9. The Morgan fingerprint density at radius 3 is 2.67 bits per heavy atom. The highest BCUT2D eigenvalue weighted by Gasteiger charge is 2.06. The van der Waals surface area contributed by atoms with Crippen molar-refractivity contribution in [2.24, 2.45) is 5.73 Å². The van der Waals surface area contributed by atoms with Crippen LogP contribution in [0.15, 0.2) is 36.7 Å². The first-order chi connectivity index (χ1) is 8.58. The highest BCUT2D eigenvalue weighted by molar-refractivity contribution is 5.95. The molecule has 0 bridgehead atoms. The number of anilines is 3. The molecule has 92 valence electrons. The number of hydrogen-bond donors (Lipinski definition) is 3. The maximum atomic E-state index is 11.0. The fraction of sp³-hybridized carbons (Fsp3) is 0.0769. The molecule has 0 atom stereocenters. The van der Waals surface area contributed by atoms with E-state index in [1.807, 2.05) is 13.0 Å². The van der Waals surface area contributed by atoms with E-state index >= 15 is 0 Å². The highest BCUT2D eigenvalue weighted by Crippen LogP contribution is 2.25. The first-order valence-electron chi connectivity index (χ1n) is 5.45. The molecule has 0 spiro atoms. The molecule has 1 aromatic carbocycles. The number of rotatable bonds is 3. The number of nitrogens with two attached hydrogens (primary N) is 2. The maximum Gasteiger partial charge on any atom is 0.248 e. The minimum atomic E-state index is -0.495. The SMILES string of the molecule is Cc1ccncc1Nc1ccc(C(N)=O)cc1N. The minimum Gasteiger partial charge on any atom is -0.397 e. The van der Waals surface area contributed by atoms with E-state index in [0.717, 1.165) is 16.9 Å². The van der Waals surface area contributed by atoms with Gasteiger partial charge in [-0.15, -0.1) is 0 Å². The van der Waals surface area contributed by atoms with Crippen LogP contribution < -0.4 is 16.8 Å². The summed E-state index contributed by atoms with van der Waals surface area (Å²) in [6, 6.07) is 6.81. The minimum absolute atomic E-state index is 0.390. The topological polar surface area (TPSA) is 94.0 Å². The second-order valence-electron chi connectivity index (χ2n) is 3.98. The van der Waals surface area contributed by atoms with Gasteiger partial charge in [0.2, 0.25) is 5.91 Å². The molecule has 5 N–H and O–H groups in total. The van der Waals surface area contributed by atoms with E-state index in [1.54, 1.807) is 30.6 Å². The van der Waals surface area contributed by atoms with Crippen LogP contribution >= 0.6 is 0 Å². The Bertz CT molecular complexity index is 595. The molecule has 0 fully saturated rings. The number of nitrogens with one attached hydrogen (secondary N) is 1. The van der Waals surface area contributed by atoms with Gasteiger partial charge in [0, 0.05) is 11.8 Å². The number of primary amides is 1. The number of carbonyl (C=O) groups excluding carboxylic acids is 1. The molecule has 0 aliphatic heterocycles. The number of hydrogen-bond acceptors (Lipinski definition) is 4. The number of amides is 1. The Labute approximate surface area is 105 Å². The summed E-state index contributed by atoms with van der Waals surface area (Å²) in [7, 11) is 0. The summed E-state index contributed by atoms with van der Waals surface area (Å²) in [5.41, 5.74) is 14.6. The molecule has 0 radical (unpaired) electrons. The van der Waals surface area contributed by atoms with Gasteiger partial charge in [0.25, 0.3) is 0 Å². The average Bonchev–Trinajstić information content (AvgIpc) is 2.34. The Hall–Kier alpha value is -2.56. The maximum absolute atomic E-state index is 11.0. The van der Waals surface area contributed by atoms with E-state index in [-0.39, 0.29) is 0 Å². The molecule has 5 nitrogen and oxygen atoms in total. The van der Waals surface area contributed by atoms with Crippen molar-refractivity contribution in [3.63, 3.8) is 0 Å². The van der Waals surface area contributed by atoms with Gasteiger partial charge in [-0.3, -0.25) is 9.78 Å². The molecule has 0 aliphatic carbocycles. The van der Waals surface area contributed by atoms with E-state index in [9.17, 15) is 4.79 Å². The lowest BCUT2D eigenvalue weighted by molar-refractivity contribution is 0.100. The molecule has 2 rings (SSSR count). The third-order valence-corrected chi connectivity index (χ3v) is 2.64. The Kier molecular flexibility index (Phi) is 3.14. The average molecular weight is 242 g/mol. The third-order valence-electron chi connectivity index (χ3n) is 2.64. The van der Waals surface area contributed by atoms with Gasteiger partial charge in [-0.1, -0.05) is 0 Å². The molecule has 1 amide bonds. The number of nitrogen functional groups attached to an aromatic ring is 1. The van der Waals surface area contributed by atoms with Crippen LogP contribution in [0.2, 0.25) is 0 Å². The number of aromatic nitrogens is 1. The van der Waals surface area contributed by atoms with Gasteiger partial charge in [-0.05, 0) is 36.8 Å². The van der Waals surface area contributed by atoms with Crippen molar-refractivity contribution in [2.45, 2.75) is 6.92 Å². The van der Waals surface area contributed by atoms with Gasteiger partial charge >= 0.3 is 0 Å². The summed E-state index contributed by atoms with van der Waals surface area (Å²) in [6.45, 7) is 1.97. The lowest BCUT2D eigenvalue weighted by Gasteiger charge is -2.11. The molecule has 0 unspecified atom stereocenters. The number of benzene rings is 1. The monoisotopic (exact) mass is 242 g/mol. The van der Waals surface area contributed by atoms with Crippen LogP contribution in [0.25, 0.3) is 0 Å². The predicted octanol–water partition coefficient (Wildman–Crippen LogP) is 1.81. The molecule has 0 aliphatic rings. The first-order valence-corrected chi connectivity index (χ1v) is 5.45. The number of nitrogens with zero attached hydrogens (tertiary/aromatic N) is 1. The fourth-order valence-electron chi connectivity index (χ4n) is 1.57. The smallest absolute Gasteiger partial charge is 0.248 e. The zero-order valence-electron chi connectivity index (χ0n) is 9.97. The van der Waals surface area contributed by atoms with E-state index < -0.39 is 5.91 Å². The van der Waals surface area contributed by atoms with Crippen molar-refractivity contribution in [1.29, 1.82) is 0 Å². The quantitative estimate of drug-likeness (QED) is 0.715. The summed E-state index contributed by atoms with van der Waals surface area (Å²) in [6.07, 6.45) is 3.44. The van der Waals surface area contributed by atoms with Crippen molar-refractivity contribution in [2.75, 3.05) is 11.1 Å². The lowest BCUT2D eigenvalue weighted by Crippen LogP contribution is -2.11. The van der Waals surface area contributed by atoms with Crippen LogP contribution in [0.3, 0.4) is 0 Å². The summed E-state index contributed by atoms with van der Waals surface area (Å²) in [5, 5.41) is 3.17. The van der Waals surface area contributed by atoms with Crippen LogP contribution in [0, 0.1) is 6.92 Å². The zero-order valence-corrected chi connectivity index (χ0v) is 9.97. The molecule has 0 saturated heterocycles. The Morgan fingerprint density at radius 2 is 2.06 bits per heavy atom. The van der Waals surface area contributed by atoms with E-state index in [1.165, 1.54) is 0 Å². The van der Waals surface area contributed by atoms with E-state index in [0.29, 0.717) is 11.3 Å². The molecule has 2 aromatic rings. The van der Waals surface area contributed by atoms with Gasteiger partial charge in [0.1, 0.15) is 0 Å². The summed E-state index contributed by atoms with van der Waals surface area (Å²) in [4.78, 5) is 15.1. The zero-order chi connectivity index (χ0) is 13.1. The third kappa shape index (κ3) is 2.40. The van der Waals surface area contributed by atoms with Crippen molar-refractivity contribution in [3.8, 4) is 0 Å². The molecule has 0 saturated carbocycles. The highest BCUT2D eigenvalue weighted by atomic mass is 16.1. The van der Waals surface area contributed by atoms with E-state index in [2.05, 4.69) is 10.3 Å².